The van der Waals surface area contributed by atoms with Crippen LogP contribution < -0.4 is 4.74 Å². The van der Waals surface area contributed by atoms with Gasteiger partial charge >= 0.3 is 5.97 Å². The normalized spacial score (nSPS) is 10.9. The highest BCUT2D eigenvalue weighted by Crippen LogP contribution is 2.26. The van der Waals surface area contributed by atoms with E-state index in [0.29, 0.717) is 11.1 Å². The van der Waals surface area contributed by atoms with Crippen LogP contribution in [0.15, 0.2) is 29.4 Å². The first-order chi connectivity index (χ1) is 10.5. The molecule has 118 valence electrons. The fourth-order valence-electron chi connectivity index (χ4n) is 2.01. The number of nitrogens with zero attached hydrogens (tertiary/aromatic N) is 3. The van der Waals surface area contributed by atoms with Gasteiger partial charge in [-0.3, -0.25) is 4.79 Å². The zero-order chi connectivity index (χ0) is 16.1. The summed E-state index contributed by atoms with van der Waals surface area (Å²) >= 11 is 1.19. The Bertz CT molecular complexity index is 638. The maximum Gasteiger partial charge on any atom is 0.313 e. The number of methoxy groups -OCH3 is 1. The molecule has 1 aromatic heterocycles. The summed E-state index contributed by atoms with van der Waals surface area (Å²) < 4.78 is 7.13. The van der Waals surface area contributed by atoms with Crippen molar-refractivity contribution in [1.29, 1.82) is 0 Å². The molecule has 0 unspecified atom stereocenters. The fourth-order valence-corrected chi connectivity index (χ4v) is 2.67. The van der Waals surface area contributed by atoms with E-state index in [9.17, 15) is 4.79 Å². The molecular weight excluding hydrogens is 302 g/mol. The summed E-state index contributed by atoms with van der Waals surface area (Å²) in [7, 11) is 1.62. The summed E-state index contributed by atoms with van der Waals surface area (Å²) in [6, 6.07) is 7.58. The van der Waals surface area contributed by atoms with Crippen molar-refractivity contribution in [2.75, 3.05) is 12.9 Å². The minimum Gasteiger partial charge on any atom is -0.497 e. The van der Waals surface area contributed by atoms with E-state index in [1.165, 1.54) is 11.8 Å². The van der Waals surface area contributed by atoms with Crippen molar-refractivity contribution in [2.24, 2.45) is 5.92 Å². The van der Waals surface area contributed by atoms with Crippen molar-refractivity contribution in [3.8, 4) is 17.1 Å². The third kappa shape index (κ3) is 4.00. The van der Waals surface area contributed by atoms with E-state index in [-0.39, 0.29) is 5.75 Å². The van der Waals surface area contributed by atoms with E-state index in [4.69, 9.17) is 9.84 Å². The molecule has 0 aliphatic heterocycles. The molecule has 0 amide bonds. The molecule has 2 aromatic rings. The number of aliphatic carboxylic acids is 1. The van der Waals surface area contributed by atoms with Crippen molar-refractivity contribution in [3.05, 3.63) is 24.3 Å². The average Bonchev–Trinajstić information content (AvgIpc) is 2.87. The number of ether oxygens (including phenoxy) is 1. The molecule has 0 saturated heterocycles. The van der Waals surface area contributed by atoms with Crippen LogP contribution in [0.4, 0.5) is 0 Å². The predicted octanol–water partition coefficient (Wildman–Crippen LogP) is 2.79. The summed E-state index contributed by atoms with van der Waals surface area (Å²) in [5.74, 6) is 1.02. The van der Waals surface area contributed by atoms with Crippen molar-refractivity contribution < 1.29 is 14.6 Å². The van der Waals surface area contributed by atoms with Crippen LogP contribution in [0.5, 0.6) is 5.75 Å². The molecule has 0 spiro atoms. The molecule has 7 heteroatoms. The summed E-state index contributed by atoms with van der Waals surface area (Å²) in [6.07, 6.45) is 0. The summed E-state index contributed by atoms with van der Waals surface area (Å²) in [6.45, 7) is 4.93. The topological polar surface area (TPSA) is 77.2 Å². The van der Waals surface area contributed by atoms with Crippen LogP contribution in [0.25, 0.3) is 11.4 Å². The number of aromatic nitrogens is 3. The zero-order valence-corrected chi connectivity index (χ0v) is 13.6. The number of carboxylic acid groups (broad SMARTS) is 1. The minimum absolute atomic E-state index is 0.0289. The lowest BCUT2D eigenvalue weighted by Crippen LogP contribution is -2.09. The number of benzene rings is 1. The molecule has 2 rings (SSSR count). The van der Waals surface area contributed by atoms with Crippen molar-refractivity contribution in [3.63, 3.8) is 0 Å². The Morgan fingerprint density at radius 3 is 2.55 bits per heavy atom. The molecule has 1 N–H and O–H groups in total. The largest absolute Gasteiger partial charge is 0.497 e. The quantitative estimate of drug-likeness (QED) is 0.790. The van der Waals surface area contributed by atoms with Gasteiger partial charge in [-0.05, 0) is 30.2 Å². The molecule has 0 bridgehead atoms. The van der Waals surface area contributed by atoms with Crippen molar-refractivity contribution in [2.45, 2.75) is 25.5 Å². The Morgan fingerprint density at radius 1 is 1.32 bits per heavy atom. The van der Waals surface area contributed by atoms with Crippen LogP contribution in [0.3, 0.4) is 0 Å². The lowest BCUT2D eigenvalue weighted by molar-refractivity contribution is -0.133. The maximum atomic E-state index is 10.8. The molecule has 6 nitrogen and oxygen atoms in total. The number of rotatable bonds is 7. The van der Waals surface area contributed by atoms with Gasteiger partial charge in [-0.25, -0.2) is 0 Å². The van der Waals surface area contributed by atoms with Gasteiger partial charge in [0.15, 0.2) is 11.0 Å². The standard InChI is InChI=1S/C15H19N3O3S/c1-10(2)8-18-14(11-4-6-12(21-3)7-5-11)16-17-15(18)22-9-13(19)20/h4-7,10H,8-9H2,1-3H3,(H,19,20). The predicted molar refractivity (Wildman–Crippen MR) is 85.2 cm³/mol. The monoisotopic (exact) mass is 321 g/mol. The molecule has 1 aromatic carbocycles. The van der Waals surface area contributed by atoms with Gasteiger partial charge < -0.3 is 14.4 Å². The number of thioether (sulfide) groups is 1. The van der Waals surface area contributed by atoms with Gasteiger partial charge in [-0.1, -0.05) is 25.6 Å². The summed E-state index contributed by atoms with van der Waals surface area (Å²) in [5.41, 5.74) is 0.927. The van der Waals surface area contributed by atoms with Crippen LogP contribution >= 0.6 is 11.8 Å². The molecule has 1 heterocycles. The first kappa shape index (κ1) is 16.4. The van der Waals surface area contributed by atoms with Crippen LogP contribution in [0, 0.1) is 5.92 Å². The Morgan fingerprint density at radius 2 is 2.00 bits per heavy atom. The lowest BCUT2D eigenvalue weighted by atomic mass is 10.2. The van der Waals surface area contributed by atoms with E-state index in [2.05, 4.69) is 24.0 Å². The second kappa shape index (κ2) is 7.31. The maximum absolute atomic E-state index is 10.8. The molecular formula is C15H19N3O3S. The third-order valence-electron chi connectivity index (χ3n) is 2.94. The van der Waals surface area contributed by atoms with E-state index in [1.807, 2.05) is 28.8 Å². The van der Waals surface area contributed by atoms with Gasteiger partial charge in [-0.15, -0.1) is 10.2 Å². The molecule has 0 fully saturated rings. The summed E-state index contributed by atoms with van der Waals surface area (Å²) in [4.78, 5) is 10.8. The minimum atomic E-state index is -0.866. The molecule has 0 radical (unpaired) electrons. The molecule has 0 aliphatic carbocycles. The third-order valence-corrected chi connectivity index (χ3v) is 3.89. The Balaban J connectivity index is 2.34. The first-order valence-corrected chi connectivity index (χ1v) is 7.92. The van der Waals surface area contributed by atoms with Gasteiger partial charge in [0.1, 0.15) is 5.75 Å². The van der Waals surface area contributed by atoms with E-state index >= 15 is 0 Å². The van der Waals surface area contributed by atoms with Gasteiger partial charge in [-0.2, -0.15) is 0 Å². The average molecular weight is 321 g/mol. The number of carbonyl (C=O) groups is 1. The smallest absolute Gasteiger partial charge is 0.313 e. The molecule has 0 atom stereocenters. The van der Waals surface area contributed by atoms with Gasteiger partial charge in [0.25, 0.3) is 0 Å². The summed E-state index contributed by atoms with van der Waals surface area (Å²) in [5, 5.41) is 17.8. The molecule has 0 saturated carbocycles. The van der Waals surface area contributed by atoms with Crippen LogP contribution in [-0.4, -0.2) is 38.7 Å². The first-order valence-electron chi connectivity index (χ1n) is 6.93. The second-order valence-corrected chi connectivity index (χ2v) is 6.16. The van der Waals surface area contributed by atoms with Crippen LogP contribution in [0.1, 0.15) is 13.8 Å². The zero-order valence-electron chi connectivity index (χ0n) is 12.8. The van der Waals surface area contributed by atoms with Crippen molar-refractivity contribution in [1.82, 2.24) is 14.8 Å². The van der Waals surface area contributed by atoms with Gasteiger partial charge in [0.05, 0.1) is 12.9 Å². The van der Waals surface area contributed by atoms with E-state index in [1.54, 1.807) is 7.11 Å². The van der Waals surface area contributed by atoms with Gasteiger partial charge in [0.2, 0.25) is 0 Å². The van der Waals surface area contributed by atoms with E-state index < -0.39 is 5.97 Å². The lowest BCUT2D eigenvalue weighted by Gasteiger charge is -2.12. The second-order valence-electron chi connectivity index (χ2n) is 5.22. The van der Waals surface area contributed by atoms with E-state index in [0.717, 1.165) is 23.7 Å². The van der Waals surface area contributed by atoms with Gasteiger partial charge in [0, 0.05) is 12.1 Å². The number of hydrogen-bond acceptors (Lipinski definition) is 5. The Kier molecular flexibility index (Phi) is 5.43. The number of hydrogen-bond donors (Lipinski definition) is 1. The number of carboxylic acids is 1. The highest BCUT2D eigenvalue weighted by atomic mass is 32.2. The van der Waals surface area contributed by atoms with Crippen LogP contribution in [-0.2, 0) is 11.3 Å². The van der Waals surface area contributed by atoms with Crippen molar-refractivity contribution >= 4 is 17.7 Å². The Labute approximate surface area is 133 Å². The Hall–Kier alpha value is -2.02. The molecule has 0 aliphatic rings. The van der Waals surface area contributed by atoms with Crippen LogP contribution in [0.2, 0.25) is 0 Å². The highest BCUT2D eigenvalue weighted by Gasteiger charge is 2.16. The fraction of sp³-hybridized carbons (Fsp3) is 0.400. The molecule has 22 heavy (non-hydrogen) atoms. The highest BCUT2D eigenvalue weighted by molar-refractivity contribution is 7.99. The SMILES string of the molecule is COc1ccc(-c2nnc(SCC(=O)O)n2CC(C)C)cc1.